The molecular formula is C14H20N4. The molecule has 1 aromatic heterocycles. The van der Waals surface area contributed by atoms with Crippen molar-refractivity contribution in [1.29, 1.82) is 0 Å². The van der Waals surface area contributed by atoms with Gasteiger partial charge >= 0.3 is 0 Å². The summed E-state index contributed by atoms with van der Waals surface area (Å²) in [6, 6.07) is 5.03. The first-order valence-electron chi connectivity index (χ1n) is 6.51. The summed E-state index contributed by atoms with van der Waals surface area (Å²) in [5.41, 5.74) is 9.76. The van der Waals surface area contributed by atoms with Crippen LogP contribution >= 0.6 is 0 Å². The molecule has 0 saturated carbocycles. The van der Waals surface area contributed by atoms with Crippen molar-refractivity contribution < 1.29 is 0 Å². The number of hydrogen-bond acceptors (Lipinski definition) is 3. The summed E-state index contributed by atoms with van der Waals surface area (Å²) in [7, 11) is 1.97. The molecule has 2 N–H and O–H groups in total. The highest BCUT2D eigenvalue weighted by Crippen LogP contribution is 2.34. The Morgan fingerprint density at radius 3 is 2.83 bits per heavy atom. The molecular weight excluding hydrogens is 224 g/mol. The van der Waals surface area contributed by atoms with Crippen LogP contribution in [0.2, 0.25) is 0 Å². The average molecular weight is 244 g/mol. The normalized spacial score (nSPS) is 24.1. The summed E-state index contributed by atoms with van der Waals surface area (Å²) >= 11 is 0. The van der Waals surface area contributed by atoms with Crippen LogP contribution in [0.1, 0.15) is 18.9 Å². The van der Waals surface area contributed by atoms with Gasteiger partial charge < -0.3 is 10.6 Å². The molecule has 1 aliphatic heterocycles. The Hall–Kier alpha value is -1.55. The summed E-state index contributed by atoms with van der Waals surface area (Å²) in [6.45, 7) is 5.36. The van der Waals surface area contributed by atoms with Crippen molar-refractivity contribution in [2.24, 2.45) is 12.8 Å². The second-order valence-electron chi connectivity index (χ2n) is 5.46. The highest BCUT2D eigenvalue weighted by Gasteiger charge is 2.29. The molecule has 18 heavy (non-hydrogen) atoms. The van der Waals surface area contributed by atoms with Crippen LogP contribution in [0.25, 0.3) is 10.9 Å². The van der Waals surface area contributed by atoms with E-state index in [-0.39, 0.29) is 6.04 Å². The number of benzene rings is 1. The number of nitrogens with two attached hydrogens (primary N) is 1. The molecule has 1 fully saturated rings. The molecule has 2 unspecified atom stereocenters. The van der Waals surface area contributed by atoms with Crippen molar-refractivity contribution in [1.82, 2.24) is 9.78 Å². The first-order valence-corrected chi connectivity index (χ1v) is 6.51. The molecule has 1 aliphatic rings. The maximum absolute atomic E-state index is 6.09. The number of nitrogens with zero attached hydrogens (tertiary/aromatic N) is 3. The maximum atomic E-state index is 6.09. The van der Waals surface area contributed by atoms with Crippen molar-refractivity contribution in [3.8, 4) is 0 Å². The predicted octanol–water partition coefficient (Wildman–Crippen LogP) is 1.81. The molecule has 4 nitrogen and oxygen atoms in total. The zero-order valence-electron chi connectivity index (χ0n) is 11.2. The molecule has 2 aromatic rings. The Kier molecular flexibility index (Phi) is 2.55. The fourth-order valence-corrected chi connectivity index (χ4v) is 3.07. The fourth-order valence-electron chi connectivity index (χ4n) is 3.07. The second-order valence-corrected chi connectivity index (χ2v) is 5.46. The van der Waals surface area contributed by atoms with Crippen molar-refractivity contribution >= 4 is 16.6 Å². The minimum absolute atomic E-state index is 0.284. The van der Waals surface area contributed by atoms with E-state index in [1.807, 2.05) is 11.7 Å². The molecule has 96 valence electrons. The van der Waals surface area contributed by atoms with Gasteiger partial charge in [-0.25, -0.2) is 0 Å². The van der Waals surface area contributed by atoms with E-state index < -0.39 is 0 Å². The van der Waals surface area contributed by atoms with E-state index in [1.54, 1.807) is 0 Å². The van der Waals surface area contributed by atoms with Crippen LogP contribution in [-0.2, 0) is 7.05 Å². The standard InChI is InChI=1S/C14H20N4/c1-9-4-5-13-12(8-17(3)16-13)14(9)18-7-11(15)6-10(18)2/h4-5,8,10-11H,6-7,15H2,1-3H3. The minimum Gasteiger partial charge on any atom is -0.366 e. The van der Waals surface area contributed by atoms with Gasteiger partial charge in [-0.3, -0.25) is 4.68 Å². The monoisotopic (exact) mass is 244 g/mol. The fraction of sp³-hybridized carbons (Fsp3) is 0.500. The lowest BCUT2D eigenvalue weighted by Gasteiger charge is -2.26. The molecule has 0 radical (unpaired) electrons. The number of fused-ring (bicyclic) bond motifs is 1. The Morgan fingerprint density at radius 1 is 1.39 bits per heavy atom. The van der Waals surface area contributed by atoms with E-state index in [9.17, 15) is 0 Å². The maximum Gasteiger partial charge on any atom is 0.0944 e. The third-order valence-corrected chi connectivity index (χ3v) is 3.87. The lowest BCUT2D eigenvalue weighted by Crippen LogP contribution is -2.29. The zero-order valence-corrected chi connectivity index (χ0v) is 11.2. The van der Waals surface area contributed by atoms with E-state index in [1.165, 1.54) is 16.6 Å². The third-order valence-electron chi connectivity index (χ3n) is 3.87. The Labute approximate surface area is 107 Å². The number of aromatic nitrogens is 2. The highest BCUT2D eigenvalue weighted by atomic mass is 15.3. The van der Waals surface area contributed by atoms with Crippen molar-refractivity contribution in [2.45, 2.75) is 32.4 Å². The minimum atomic E-state index is 0.284. The Balaban J connectivity index is 2.18. The van der Waals surface area contributed by atoms with Gasteiger partial charge in [-0.1, -0.05) is 6.07 Å². The van der Waals surface area contributed by atoms with Crippen LogP contribution in [0.4, 0.5) is 5.69 Å². The number of anilines is 1. The average Bonchev–Trinajstić information content (AvgIpc) is 2.81. The molecule has 0 amide bonds. The molecule has 2 heterocycles. The SMILES string of the molecule is Cc1ccc2nn(C)cc2c1N1CC(N)CC1C. The van der Waals surface area contributed by atoms with Gasteiger partial charge in [-0.2, -0.15) is 5.10 Å². The number of aryl methyl sites for hydroxylation is 2. The van der Waals surface area contributed by atoms with Gasteiger partial charge in [0.1, 0.15) is 0 Å². The van der Waals surface area contributed by atoms with E-state index in [0.29, 0.717) is 6.04 Å². The van der Waals surface area contributed by atoms with Crippen molar-refractivity contribution in [2.75, 3.05) is 11.4 Å². The van der Waals surface area contributed by atoms with E-state index >= 15 is 0 Å². The summed E-state index contributed by atoms with van der Waals surface area (Å²) < 4.78 is 1.88. The largest absolute Gasteiger partial charge is 0.366 e. The van der Waals surface area contributed by atoms with Crippen LogP contribution in [0.3, 0.4) is 0 Å². The van der Waals surface area contributed by atoms with Crippen molar-refractivity contribution in [3.63, 3.8) is 0 Å². The molecule has 4 heteroatoms. The quantitative estimate of drug-likeness (QED) is 0.832. The molecule has 2 atom stereocenters. The predicted molar refractivity (Wildman–Crippen MR) is 74.9 cm³/mol. The zero-order chi connectivity index (χ0) is 12.9. The van der Waals surface area contributed by atoms with Gasteiger partial charge in [0, 0.05) is 37.3 Å². The topological polar surface area (TPSA) is 47.1 Å². The van der Waals surface area contributed by atoms with Crippen LogP contribution in [0, 0.1) is 6.92 Å². The van der Waals surface area contributed by atoms with Gasteiger partial charge in [0.15, 0.2) is 0 Å². The lowest BCUT2D eigenvalue weighted by molar-refractivity contribution is 0.690. The van der Waals surface area contributed by atoms with E-state index in [0.717, 1.165) is 18.5 Å². The molecule has 0 spiro atoms. The first kappa shape index (κ1) is 11.5. The van der Waals surface area contributed by atoms with Crippen molar-refractivity contribution in [3.05, 3.63) is 23.9 Å². The number of rotatable bonds is 1. The van der Waals surface area contributed by atoms with Gasteiger partial charge in [-0.15, -0.1) is 0 Å². The van der Waals surface area contributed by atoms with Gasteiger partial charge in [-0.05, 0) is 31.9 Å². The van der Waals surface area contributed by atoms with Crippen LogP contribution in [-0.4, -0.2) is 28.4 Å². The smallest absolute Gasteiger partial charge is 0.0944 e. The highest BCUT2D eigenvalue weighted by molar-refractivity contribution is 5.93. The van der Waals surface area contributed by atoms with E-state index in [2.05, 4.69) is 42.2 Å². The summed E-state index contributed by atoms with van der Waals surface area (Å²) in [4.78, 5) is 2.43. The molecule has 0 aliphatic carbocycles. The second kappa shape index (κ2) is 3.99. The summed E-state index contributed by atoms with van der Waals surface area (Å²) in [6.07, 6.45) is 3.17. The molecule has 0 bridgehead atoms. The Bertz CT molecular complexity index is 587. The van der Waals surface area contributed by atoms with Crippen LogP contribution in [0.15, 0.2) is 18.3 Å². The van der Waals surface area contributed by atoms with E-state index in [4.69, 9.17) is 5.73 Å². The first-order chi connectivity index (χ1) is 8.56. The van der Waals surface area contributed by atoms with Crippen LogP contribution < -0.4 is 10.6 Å². The van der Waals surface area contributed by atoms with Gasteiger partial charge in [0.25, 0.3) is 0 Å². The molecule has 1 saturated heterocycles. The third kappa shape index (κ3) is 1.68. The number of hydrogen-bond donors (Lipinski definition) is 1. The lowest BCUT2D eigenvalue weighted by atomic mass is 10.1. The van der Waals surface area contributed by atoms with Gasteiger partial charge in [0.2, 0.25) is 0 Å². The summed E-state index contributed by atoms with van der Waals surface area (Å²) in [5.74, 6) is 0. The Morgan fingerprint density at radius 2 is 2.17 bits per heavy atom. The van der Waals surface area contributed by atoms with Crippen LogP contribution in [0.5, 0.6) is 0 Å². The van der Waals surface area contributed by atoms with Gasteiger partial charge in [0.05, 0.1) is 11.2 Å². The molecule has 1 aromatic carbocycles. The molecule has 3 rings (SSSR count). The summed E-state index contributed by atoms with van der Waals surface area (Å²) in [5, 5.41) is 5.72.